The van der Waals surface area contributed by atoms with Crippen LogP contribution in [0.1, 0.15) is 16.1 Å². The van der Waals surface area contributed by atoms with Crippen LogP contribution in [0, 0.1) is 5.21 Å². The Morgan fingerprint density at radius 3 is 2.31 bits per heavy atom. The number of hydrogen-bond donors (Lipinski definition) is 0. The number of sulfonamides is 1. The Kier molecular flexibility index (Phi) is 8.70. The second kappa shape index (κ2) is 12.2. The SMILES string of the molecule is CN(c1ccc(Oc2ccc3cc(C(=O)N4CC[N+]([O-])(Cc5ccc(OCC(F)(F)F)cc5)CC4)n(C)c3c2)nc1)S(C)(=O)=O. The lowest BCUT2D eigenvalue weighted by atomic mass is 10.1. The summed E-state index contributed by atoms with van der Waals surface area (Å²) in [5.41, 5.74) is 2.26. The quantitative estimate of drug-likeness (QED) is 0.191. The van der Waals surface area contributed by atoms with Gasteiger partial charge in [-0.3, -0.25) is 9.10 Å². The molecule has 0 radical (unpaired) electrons. The molecule has 4 aromatic rings. The van der Waals surface area contributed by atoms with E-state index in [4.69, 9.17) is 9.47 Å². The molecular weight excluding hydrogens is 615 g/mol. The predicted molar refractivity (Wildman–Crippen MR) is 161 cm³/mol. The van der Waals surface area contributed by atoms with Gasteiger partial charge in [0.1, 0.15) is 23.7 Å². The number of carbonyl (C=O) groups is 1. The lowest BCUT2D eigenvalue weighted by Crippen LogP contribution is -2.56. The molecule has 2 aromatic heterocycles. The first-order valence-electron chi connectivity index (χ1n) is 13.9. The van der Waals surface area contributed by atoms with Crippen molar-refractivity contribution in [2.24, 2.45) is 7.05 Å². The van der Waals surface area contributed by atoms with Gasteiger partial charge in [-0.2, -0.15) is 13.2 Å². The fraction of sp³-hybridized carbons (Fsp3) is 0.333. The van der Waals surface area contributed by atoms with Gasteiger partial charge in [0.15, 0.2) is 6.61 Å². The number of nitrogens with zero attached hydrogens (tertiary/aromatic N) is 5. The van der Waals surface area contributed by atoms with E-state index < -0.39 is 27.5 Å². The second-order valence-corrected chi connectivity index (χ2v) is 13.0. The highest BCUT2D eigenvalue weighted by Gasteiger charge is 2.31. The monoisotopic (exact) mass is 647 g/mol. The smallest absolute Gasteiger partial charge is 0.422 e. The van der Waals surface area contributed by atoms with E-state index in [1.165, 1.54) is 25.4 Å². The number of carbonyl (C=O) groups excluding carboxylic acids is 1. The molecule has 0 atom stereocenters. The molecule has 240 valence electrons. The first kappa shape index (κ1) is 32.1. The molecular formula is C30H32F3N5O6S. The number of quaternary nitrogens is 1. The maximum atomic E-state index is 13.5. The number of hydroxylamine groups is 3. The maximum Gasteiger partial charge on any atom is 0.422 e. The van der Waals surface area contributed by atoms with Gasteiger partial charge < -0.3 is 28.8 Å². The molecule has 1 aliphatic heterocycles. The fourth-order valence-corrected chi connectivity index (χ4v) is 5.54. The number of anilines is 1. The second-order valence-electron chi connectivity index (χ2n) is 11.0. The van der Waals surface area contributed by atoms with Crippen molar-refractivity contribution in [2.75, 3.05) is 50.4 Å². The van der Waals surface area contributed by atoms with Crippen molar-refractivity contribution in [1.29, 1.82) is 0 Å². The van der Waals surface area contributed by atoms with E-state index >= 15 is 0 Å². The van der Waals surface area contributed by atoms with E-state index in [1.54, 1.807) is 59.0 Å². The zero-order valence-electron chi connectivity index (χ0n) is 24.8. The van der Waals surface area contributed by atoms with Gasteiger partial charge in [0, 0.05) is 37.2 Å². The summed E-state index contributed by atoms with van der Waals surface area (Å²) in [5, 5.41) is 14.2. The van der Waals surface area contributed by atoms with E-state index in [9.17, 15) is 31.6 Å². The summed E-state index contributed by atoms with van der Waals surface area (Å²) in [6.07, 6.45) is -1.93. The normalized spacial score (nSPS) is 15.2. The third-order valence-corrected chi connectivity index (χ3v) is 8.88. The van der Waals surface area contributed by atoms with Crippen molar-refractivity contribution < 1.29 is 40.5 Å². The molecule has 15 heteroatoms. The van der Waals surface area contributed by atoms with Crippen molar-refractivity contribution in [3.05, 3.63) is 83.3 Å². The Morgan fingerprint density at radius 1 is 1.04 bits per heavy atom. The number of benzene rings is 2. The van der Waals surface area contributed by atoms with E-state index in [0.29, 0.717) is 22.7 Å². The summed E-state index contributed by atoms with van der Waals surface area (Å²) in [4.78, 5) is 19.3. The van der Waals surface area contributed by atoms with Crippen LogP contribution >= 0.6 is 0 Å². The topological polar surface area (TPSA) is 117 Å². The molecule has 0 aliphatic carbocycles. The van der Waals surface area contributed by atoms with Crippen molar-refractivity contribution in [3.63, 3.8) is 0 Å². The Morgan fingerprint density at radius 2 is 1.71 bits per heavy atom. The fourth-order valence-electron chi connectivity index (χ4n) is 5.05. The van der Waals surface area contributed by atoms with Crippen molar-refractivity contribution in [1.82, 2.24) is 14.5 Å². The average Bonchev–Trinajstić information content (AvgIpc) is 3.31. The Labute approximate surface area is 258 Å². The van der Waals surface area contributed by atoms with Gasteiger partial charge in [0.05, 0.1) is 49.8 Å². The standard InChI is InChI=1S/C30H32F3N5O6S/c1-35-26-17-25(44-28-11-7-23(18-34-28)36(2)45(3,41)42)10-6-22(26)16-27(35)29(39)37-12-14-38(40,15-13-37)19-21-4-8-24(9-5-21)43-20-30(31,32)33/h4-11,16-18H,12-15,19-20H2,1-3H3. The Balaban J connectivity index is 1.20. The van der Waals surface area contributed by atoms with Crippen LogP contribution in [-0.2, 0) is 23.6 Å². The number of aromatic nitrogens is 2. The molecule has 45 heavy (non-hydrogen) atoms. The number of aryl methyl sites for hydroxylation is 1. The number of piperazine rings is 1. The molecule has 2 aromatic carbocycles. The number of amides is 1. The number of ether oxygens (including phenoxy) is 2. The lowest BCUT2D eigenvalue weighted by molar-refractivity contribution is -0.897. The molecule has 1 amide bonds. The molecule has 1 saturated heterocycles. The van der Waals surface area contributed by atoms with Gasteiger partial charge in [0.25, 0.3) is 5.91 Å². The zero-order chi connectivity index (χ0) is 32.6. The minimum atomic E-state index is -4.43. The van der Waals surface area contributed by atoms with E-state index in [0.717, 1.165) is 21.5 Å². The van der Waals surface area contributed by atoms with Crippen molar-refractivity contribution in [3.8, 4) is 17.4 Å². The van der Waals surface area contributed by atoms with Crippen LogP contribution < -0.4 is 13.8 Å². The van der Waals surface area contributed by atoms with E-state index in [2.05, 4.69) is 4.98 Å². The van der Waals surface area contributed by atoms with Gasteiger partial charge in [-0.15, -0.1) is 0 Å². The van der Waals surface area contributed by atoms with Gasteiger partial charge in [-0.25, -0.2) is 13.4 Å². The average molecular weight is 648 g/mol. The van der Waals surface area contributed by atoms with Crippen LogP contribution in [0.2, 0.25) is 0 Å². The third-order valence-electron chi connectivity index (χ3n) is 7.68. The van der Waals surface area contributed by atoms with Gasteiger partial charge in [-0.1, -0.05) is 0 Å². The first-order valence-corrected chi connectivity index (χ1v) is 15.8. The minimum absolute atomic E-state index is 0.0721. The van der Waals surface area contributed by atoms with E-state index in [-0.39, 0.29) is 50.3 Å². The summed E-state index contributed by atoms with van der Waals surface area (Å²) in [6.45, 7) is -0.409. The molecule has 3 heterocycles. The van der Waals surface area contributed by atoms with Crippen LogP contribution in [0.25, 0.3) is 10.9 Å². The summed E-state index contributed by atoms with van der Waals surface area (Å²) < 4.78 is 73.6. The molecule has 1 aliphatic rings. The zero-order valence-corrected chi connectivity index (χ0v) is 25.6. The number of halogens is 3. The first-order chi connectivity index (χ1) is 21.1. The summed E-state index contributed by atoms with van der Waals surface area (Å²) >= 11 is 0. The summed E-state index contributed by atoms with van der Waals surface area (Å²) in [7, 11) is -0.221. The number of alkyl halides is 3. The van der Waals surface area contributed by atoms with Crippen molar-refractivity contribution in [2.45, 2.75) is 12.7 Å². The molecule has 0 saturated carbocycles. The molecule has 0 N–H and O–H groups in total. The van der Waals surface area contributed by atoms with Crippen LogP contribution in [0.4, 0.5) is 18.9 Å². The molecule has 0 bridgehead atoms. The largest absolute Gasteiger partial charge is 0.632 e. The molecule has 0 unspecified atom stereocenters. The Bertz CT molecular complexity index is 1790. The third kappa shape index (κ3) is 7.67. The number of fused-ring (bicyclic) bond motifs is 1. The van der Waals surface area contributed by atoms with Crippen LogP contribution in [0.15, 0.2) is 66.9 Å². The van der Waals surface area contributed by atoms with E-state index in [1.807, 2.05) is 6.07 Å². The highest BCUT2D eigenvalue weighted by Crippen LogP contribution is 2.29. The van der Waals surface area contributed by atoms with Gasteiger partial charge in [0.2, 0.25) is 15.9 Å². The number of pyridine rings is 1. The van der Waals surface area contributed by atoms with Crippen molar-refractivity contribution >= 4 is 32.5 Å². The van der Waals surface area contributed by atoms with Crippen LogP contribution in [-0.4, -0.2) is 85.7 Å². The highest BCUT2D eigenvalue weighted by atomic mass is 32.2. The van der Waals surface area contributed by atoms with Gasteiger partial charge >= 0.3 is 6.18 Å². The lowest BCUT2D eigenvalue weighted by Gasteiger charge is -2.48. The molecule has 0 spiro atoms. The highest BCUT2D eigenvalue weighted by molar-refractivity contribution is 7.92. The summed E-state index contributed by atoms with van der Waals surface area (Å²) in [5.74, 6) is 0.609. The number of hydrogen-bond acceptors (Lipinski definition) is 7. The molecule has 1 fully saturated rings. The molecule has 11 nitrogen and oxygen atoms in total. The van der Waals surface area contributed by atoms with Crippen LogP contribution in [0.5, 0.6) is 17.4 Å². The van der Waals surface area contributed by atoms with Gasteiger partial charge in [-0.05, 0) is 48.5 Å². The minimum Gasteiger partial charge on any atom is -0.632 e. The van der Waals surface area contributed by atoms with Crippen LogP contribution in [0.3, 0.4) is 0 Å². The maximum absolute atomic E-state index is 13.5. The number of rotatable bonds is 9. The summed E-state index contributed by atoms with van der Waals surface area (Å²) in [6, 6.07) is 16.3. The molecule has 5 rings (SSSR count). The Hall–Kier alpha value is -4.34. The predicted octanol–water partition coefficient (Wildman–Crippen LogP) is 4.67.